The maximum atomic E-state index is 11.4. The second-order valence-corrected chi connectivity index (χ2v) is 3.80. The highest BCUT2D eigenvalue weighted by molar-refractivity contribution is 5.90. The zero-order valence-corrected chi connectivity index (χ0v) is 12.4. The fourth-order valence-corrected chi connectivity index (χ4v) is 1.65. The van der Waals surface area contributed by atoms with Crippen molar-refractivity contribution in [1.82, 2.24) is 5.32 Å². The van der Waals surface area contributed by atoms with Gasteiger partial charge in [0.1, 0.15) is 0 Å². The maximum absolute atomic E-state index is 11.4. The molecule has 0 spiro atoms. The number of benzene rings is 1. The predicted molar refractivity (Wildman–Crippen MR) is 78.0 cm³/mol. The summed E-state index contributed by atoms with van der Waals surface area (Å²) in [6.45, 7) is 7.15. The molecule has 0 aliphatic rings. The molecule has 20 heavy (non-hydrogen) atoms. The fraction of sp³-hybridized carbons (Fsp3) is 0.500. The van der Waals surface area contributed by atoms with E-state index in [-0.39, 0.29) is 6.03 Å². The van der Waals surface area contributed by atoms with Gasteiger partial charge in [0, 0.05) is 19.2 Å². The molecule has 1 aromatic carbocycles. The molecule has 0 fully saturated rings. The van der Waals surface area contributed by atoms with Crippen LogP contribution in [0.3, 0.4) is 0 Å². The van der Waals surface area contributed by atoms with Crippen LogP contribution in [0.15, 0.2) is 12.1 Å². The van der Waals surface area contributed by atoms with Crippen molar-refractivity contribution < 1.29 is 19.0 Å². The number of carbonyl (C=O) groups excluding carboxylic acids is 1. The van der Waals surface area contributed by atoms with E-state index in [1.54, 1.807) is 19.2 Å². The number of hydrogen-bond donors (Lipinski definition) is 2. The van der Waals surface area contributed by atoms with Gasteiger partial charge in [-0.3, -0.25) is 0 Å². The molecule has 0 aromatic heterocycles. The van der Waals surface area contributed by atoms with Crippen molar-refractivity contribution in [3.05, 3.63) is 12.1 Å². The quantitative estimate of drug-likeness (QED) is 0.806. The zero-order chi connectivity index (χ0) is 15.0. The summed E-state index contributed by atoms with van der Waals surface area (Å²) < 4.78 is 16.7. The van der Waals surface area contributed by atoms with Gasteiger partial charge in [0.25, 0.3) is 0 Å². The molecule has 6 heteroatoms. The van der Waals surface area contributed by atoms with E-state index < -0.39 is 0 Å². The summed E-state index contributed by atoms with van der Waals surface area (Å²) in [5.74, 6) is 1.65. The number of amides is 2. The minimum absolute atomic E-state index is 0.306. The molecule has 0 unspecified atom stereocenters. The molecule has 0 heterocycles. The van der Waals surface area contributed by atoms with Gasteiger partial charge in [-0.15, -0.1) is 0 Å². The van der Waals surface area contributed by atoms with Crippen LogP contribution in [0.25, 0.3) is 0 Å². The SMILES string of the molecule is CCOc1cc(NC(=O)NC)cc(OCC)c1OCC. The topological polar surface area (TPSA) is 68.8 Å². The maximum Gasteiger partial charge on any atom is 0.318 e. The zero-order valence-electron chi connectivity index (χ0n) is 12.4. The number of nitrogens with one attached hydrogen (secondary N) is 2. The van der Waals surface area contributed by atoms with Gasteiger partial charge in [0.05, 0.1) is 25.5 Å². The van der Waals surface area contributed by atoms with Crippen LogP contribution in [0, 0.1) is 0 Å². The van der Waals surface area contributed by atoms with Gasteiger partial charge >= 0.3 is 6.03 Å². The van der Waals surface area contributed by atoms with Crippen molar-refractivity contribution >= 4 is 11.7 Å². The highest BCUT2D eigenvalue weighted by Crippen LogP contribution is 2.40. The summed E-state index contributed by atoms with van der Waals surface area (Å²) in [6, 6.07) is 3.12. The summed E-state index contributed by atoms with van der Waals surface area (Å²) in [5.41, 5.74) is 0.583. The number of rotatable bonds is 7. The first kappa shape index (κ1) is 15.9. The number of ether oxygens (including phenoxy) is 3. The van der Waals surface area contributed by atoms with Gasteiger partial charge in [-0.1, -0.05) is 0 Å². The summed E-state index contributed by atoms with van der Waals surface area (Å²) in [5, 5.41) is 5.19. The average molecular weight is 282 g/mol. The molecule has 112 valence electrons. The van der Waals surface area contributed by atoms with E-state index in [0.29, 0.717) is 42.8 Å². The smallest absolute Gasteiger partial charge is 0.318 e. The Morgan fingerprint density at radius 2 is 1.50 bits per heavy atom. The molecular weight excluding hydrogens is 260 g/mol. The molecule has 2 N–H and O–H groups in total. The average Bonchev–Trinajstić information content (AvgIpc) is 2.43. The van der Waals surface area contributed by atoms with E-state index in [1.807, 2.05) is 20.8 Å². The summed E-state index contributed by atoms with van der Waals surface area (Å²) >= 11 is 0. The first-order valence-electron chi connectivity index (χ1n) is 6.71. The third-order valence-electron chi connectivity index (χ3n) is 2.39. The van der Waals surface area contributed by atoms with Gasteiger partial charge in [-0.2, -0.15) is 0 Å². The molecule has 1 rings (SSSR count). The van der Waals surface area contributed by atoms with E-state index >= 15 is 0 Å². The molecule has 0 bridgehead atoms. The number of anilines is 1. The van der Waals surface area contributed by atoms with E-state index in [0.717, 1.165) is 0 Å². The molecule has 0 atom stereocenters. The Morgan fingerprint density at radius 1 is 1.00 bits per heavy atom. The van der Waals surface area contributed by atoms with Crippen LogP contribution >= 0.6 is 0 Å². The van der Waals surface area contributed by atoms with Crippen LogP contribution in [0.2, 0.25) is 0 Å². The van der Waals surface area contributed by atoms with E-state index in [4.69, 9.17) is 14.2 Å². The van der Waals surface area contributed by atoms with Gasteiger partial charge in [0.15, 0.2) is 11.5 Å². The lowest BCUT2D eigenvalue weighted by Crippen LogP contribution is -2.24. The summed E-state index contributed by atoms with van der Waals surface area (Å²) in [7, 11) is 1.55. The highest BCUT2D eigenvalue weighted by Gasteiger charge is 2.15. The molecular formula is C14H22N2O4. The molecule has 0 aliphatic heterocycles. The van der Waals surface area contributed by atoms with Gasteiger partial charge in [0.2, 0.25) is 5.75 Å². The Morgan fingerprint density at radius 3 is 1.90 bits per heavy atom. The second-order valence-electron chi connectivity index (χ2n) is 3.80. The van der Waals surface area contributed by atoms with Crippen LogP contribution in [-0.4, -0.2) is 32.9 Å². The lowest BCUT2D eigenvalue weighted by atomic mass is 10.2. The van der Waals surface area contributed by atoms with Crippen molar-refractivity contribution in [2.24, 2.45) is 0 Å². The Hall–Kier alpha value is -2.11. The van der Waals surface area contributed by atoms with Crippen molar-refractivity contribution in [3.63, 3.8) is 0 Å². The molecule has 6 nitrogen and oxygen atoms in total. The second kappa shape index (κ2) is 8.14. The minimum atomic E-state index is -0.306. The first-order valence-corrected chi connectivity index (χ1v) is 6.71. The van der Waals surface area contributed by atoms with Crippen molar-refractivity contribution in [1.29, 1.82) is 0 Å². The normalized spacial score (nSPS) is 9.80. The summed E-state index contributed by atoms with van der Waals surface area (Å²) in [6.07, 6.45) is 0. The molecule has 0 saturated heterocycles. The molecule has 0 saturated carbocycles. The largest absolute Gasteiger partial charge is 0.490 e. The lowest BCUT2D eigenvalue weighted by molar-refractivity contribution is 0.253. The third kappa shape index (κ3) is 4.22. The molecule has 0 aliphatic carbocycles. The van der Waals surface area contributed by atoms with Crippen molar-refractivity contribution in [3.8, 4) is 17.2 Å². The number of urea groups is 1. The highest BCUT2D eigenvalue weighted by atomic mass is 16.5. The Labute approximate surface area is 119 Å². The van der Waals surface area contributed by atoms with Gasteiger partial charge < -0.3 is 24.8 Å². The van der Waals surface area contributed by atoms with E-state index in [1.165, 1.54) is 0 Å². The summed E-state index contributed by atoms with van der Waals surface area (Å²) in [4.78, 5) is 11.4. The fourth-order valence-electron chi connectivity index (χ4n) is 1.65. The molecule has 0 radical (unpaired) electrons. The van der Waals surface area contributed by atoms with Crippen molar-refractivity contribution in [2.75, 3.05) is 32.2 Å². The van der Waals surface area contributed by atoms with Crippen LogP contribution < -0.4 is 24.8 Å². The Bertz CT molecular complexity index is 422. The molecule has 2 amide bonds. The number of carbonyl (C=O) groups is 1. The lowest BCUT2D eigenvalue weighted by Gasteiger charge is -2.17. The van der Waals surface area contributed by atoms with Crippen LogP contribution in [0.5, 0.6) is 17.2 Å². The monoisotopic (exact) mass is 282 g/mol. The van der Waals surface area contributed by atoms with Crippen LogP contribution in [0.1, 0.15) is 20.8 Å². The van der Waals surface area contributed by atoms with E-state index in [9.17, 15) is 4.79 Å². The van der Waals surface area contributed by atoms with Crippen LogP contribution in [0.4, 0.5) is 10.5 Å². The minimum Gasteiger partial charge on any atom is -0.490 e. The van der Waals surface area contributed by atoms with Gasteiger partial charge in [-0.05, 0) is 20.8 Å². The molecule has 1 aromatic rings. The predicted octanol–water partition coefficient (Wildman–Crippen LogP) is 2.63. The van der Waals surface area contributed by atoms with Crippen molar-refractivity contribution in [2.45, 2.75) is 20.8 Å². The van der Waals surface area contributed by atoms with E-state index in [2.05, 4.69) is 10.6 Å². The van der Waals surface area contributed by atoms with Gasteiger partial charge in [-0.25, -0.2) is 4.79 Å². The Balaban J connectivity index is 3.17. The Kier molecular flexibility index (Phi) is 6.49. The first-order chi connectivity index (χ1) is 9.65. The number of hydrogen-bond acceptors (Lipinski definition) is 4. The van der Waals surface area contributed by atoms with Crippen LogP contribution in [-0.2, 0) is 0 Å². The standard InChI is InChI=1S/C14H22N2O4/c1-5-18-11-8-10(16-14(17)15-4)9-12(19-6-2)13(11)20-7-3/h8-9H,5-7H2,1-4H3,(H2,15,16,17). The third-order valence-corrected chi connectivity index (χ3v) is 2.39.